The van der Waals surface area contributed by atoms with Crippen LogP contribution in [-0.4, -0.2) is 41.5 Å². The molecule has 1 aliphatic rings. The Morgan fingerprint density at radius 2 is 2.04 bits per heavy atom. The van der Waals surface area contributed by atoms with Crippen LogP contribution in [0.15, 0.2) is 34.5 Å². The van der Waals surface area contributed by atoms with Crippen molar-refractivity contribution in [2.24, 2.45) is 0 Å². The van der Waals surface area contributed by atoms with Crippen LogP contribution in [0.5, 0.6) is 0 Å². The highest BCUT2D eigenvalue weighted by atomic mass is 32.2. The summed E-state index contributed by atoms with van der Waals surface area (Å²) >= 11 is 3.44. The molecule has 1 amide bonds. The summed E-state index contributed by atoms with van der Waals surface area (Å²) in [5, 5.41) is 6.32. The predicted molar refractivity (Wildman–Crippen MR) is 110 cm³/mol. The van der Waals surface area contributed by atoms with E-state index in [1.54, 1.807) is 23.1 Å². The maximum absolute atomic E-state index is 12.4. The molecule has 1 fully saturated rings. The van der Waals surface area contributed by atoms with Crippen molar-refractivity contribution in [1.82, 2.24) is 15.2 Å². The van der Waals surface area contributed by atoms with Gasteiger partial charge in [0.15, 0.2) is 0 Å². The Bertz CT molecular complexity index is 708. The van der Waals surface area contributed by atoms with Crippen molar-refractivity contribution in [3.8, 4) is 0 Å². The van der Waals surface area contributed by atoms with Crippen LogP contribution in [0.25, 0.3) is 0 Å². The van der Waals surface area contributed by atoms with Gasteiger partial charge in [0.25, 0.3) is 5.91 Å². The van der Waals surface area contributed by atoms with Gasteiger partial charge in [0.1, 0.15) is 0 Å². The molecule has 4 nitrogen and oxygen atoms in total. The Labute approximate surface area is 164 Å². The van der Waals surface area contributed by atoms with Gasteiger partial charge in [-0.05, 0) is 63.5 Å². The predicted octanol–water partition coefficient (Wildman–Crippen LogP) is 4.35. The SMILES string of the molecule is CCC(CNC(=O)c1ccc(SCc2csc(C)n2)cc1)N1CCCC1. The van der Waals surface area contributed by atoms with Gasteiger partial charge >= 0.3 is 0 Å². The molecule has 1 unspecified atom stereocenters. The number of thiazole rings is 1. The highest BCUT2D eigenvalue weighted by Gasteiger charge is 2.20. The maximum Gasteiger partial charge on any atom is 0.251 e. The van der Waals surface area contributed by atoms with Gasteiger partial charge in [-0.15, -0.1) is 23.1 Å². The van der Waals surface area contributed by atoms with Crippen molar-refractivity contribution in [3.05, 3.63) is 45.9 Å². The largest absolute Gasteiger partial charge is 0.350 e. The van der Waals surface area contributed by atoms with Crippen molar-refractivity contribution in [3.63, 3.8) is 0 Å². The van der Waals surface area contributed by atoms with Crippen molar-refractivity contribution >= 4 is 29.0 Å². The van der Waals surface area contributed by atoms with Crippen LogP contribution in [0.2, 0.25) is 0 Å². The molecule has 1 aromatic heterocycles. The lowest BCUT2D eigenvalue weighted by molar-refractivity contribution is 0.0937. The number of carbonyl (C=O) groups excluding carboxylic acids is 1. The summed E-state index contributed by atoms with van der Waals surface area (Å²) in [5.41, 5.74) is 1.85. The maximum atomic E-state index is 12.4. The first-order valence-corrected chi connectivity index (χ1v) is 11.2. The van der Waals surface area contributed by atoms with Crippen molar-refractivity contribution in [2.75, 3.05) is 19.6 Å². The number of rotatable bonds is 8. The minimum Gasteiger partial charge on any atom is -0.350 e. The van der Waals surface area contributed by atoms with E-state index in [2.05, 4.69) is 27.5 Å². The zero-order valence-electron chi connectivity index (χ0n) is 15.5. The van der Waals surface area contributed by atoms with Gasteiger partial charge in [0.2, 0.25) is 0 Å². The normalized spacial score (nSPS) is 15.9. The van der Waals surface area contributed by atoms with E-state index in [9.17, 15) is 4.79 Å². The molecule has 2 heterocycles. The molecule has 3 rings (SSSR count). The zero-order chi connectivity index (χ0) is 18.4. The number of thioether (sulfide) groups is 1. The van der Waals surface area contributed by atoms with E-state index in [1.807, 2.05) is 31.2 Å². The first-order valence-electron chi connectivity index (χ1n) is 9.32. The molecule has 0 saturated carbocycles. The second-order valence-electron chi connectivity index (χ2n) is 6.69. The molecule has 0 spiro atoms. The first kappa shape index (κ1) is 19.4. The molecule has 140 valence electrons. The topological polar surface area (TPSA) is 45.2 Å². The Morgan fingerprint density at radius 3 is 2.65 bits per heavy atom. The third kappa shape index (κ3) is 5.32. The summed E-state index contributed by atoms with van der Waals surface area (Å²) < 4.78 is 0. The molecule has 1 saturated heterocycles. The van der Waals surface area contributed by atoms with Crippen LogP contribution in [0.1, 0.15) is 47.2 Å². The smallest absolute Gasteiger partial charge is 0.251 e. The number of nitrogens with one attached hydrogen (secondary N) is 1. The third-order valence-corrected chi connectivity index (χ3v) is 6.66. The standard InChI is InChI=1S/C20H27N3OS2/c1-3-18(23-10-4-5-11-23)12-21-20(24)16-6-8-19(9-7-16)26-14-17-13-25-15(2)22-17/h6-9,13,18H,3-5,10-12,14H2,1-2H3,(H,21,24). The summed E-state index contributed by atoms with van der Waals surface area (Å²) in [4.78, 5) is 20.6. The molecule has 1 N–H and O–H groups in total. The molecule has 0 bridgehead atoms. The minimum atomic E-state index is 0.0225. The molecule has 6 heteroatoms. The Kier molecular flexibility index (Phi) is 7.11. The van der Waals surface area contributed by atoms with Gasteiger partial charge < -0.3 is 5.32 Å². The van der Waals surface area contributed by atoms with Gasteiger partial charge in [0.05, 0.1) is 10.7 Å². The van der Waals surface area contributed by atoms with E-state index in [-0.39, 0.29) is 5.91 Å². The van der Waals surface area contributed by atoms with Crippen molar-refractivity contribution < 1.29 is 4.79 Å². The van der Waals surface area contributed by atoms with E-state index in [1.165, 1.54) is 25.9 Å². The first-order chi connectivity index (χ1) is 12.7. The minimum absolute atomic E-state index is 0.0225. The lowest BCUT2D eigenvalue weighted by Crippen LogP contribution is -2.42. The number of hydrogen-bond donors (Lipinski definition) is 1. The Hall–Kier alpha value is -1.37. The third-order valence-electron chi connectivity index (χ3n) is 4.80. The zero-order valence-corrected chi connectivity index (χ0v) is 17.2. The van der Waals surface area contributed by atoms with Gasteiger partial charge in [-0.3, -0.25) is 9.69 Å². The molecular formula is C20H27N3OS2. The number of carbonyl (C=O) groups is 1. The van der Waals surface area contributed by atoms with Crippen molar-refractivity contribution in [2.45, 2.75) is 49.8 Å². The quantitative estimate of drug-likeness (QED) is 0.682. The van der Waals surface area contributed by atoms with Gasteiger partial charge in [-0.1, -0.05) is 6.92 Å². The second kappa shape index (κ2) is 9.53. The number of amides is 1. The monoisotopic (exact) mass is 389 g/mol. The van der Waals surface area contributed by atoms with Gasteiger partial charge in [0, 0.05) is 34.2 Å². The van der Waals surface area contributed by atoms with Crippen LogP contribution in [0.4, 0.5) is 0 Å². The van der Waals surface area contributed by atoms with Gasteiger partial charge in [-0.2, -0.15) is 0 Å². The van der Waals surface area contributed by atoms with E-state index >= 15 is 0 Å². The Morgan fingerprint density at radius 1 is 1.31 bits per heavy atom. The molecule has 26 heavy (non-hydrogen) atoms. The highest BCUT2D eigenvalue weighted by molar-refractivity contribution is 7.98. The summed E-state index contributed by atoms with van der Waals surface area (Å²) in [6.45, 7) is 7.29. The number of aromatic nitrogens is 1. The fraction of sp³-hybridized carbons (Fsp3) is 0.500. The van der Waals surface area contributed by atoms with Crippen LogP contribution in [0, 0.1) is 6.92 Å². The summed E-state index contributed by atoms with van der Waals surface area (Å²) in [6.07, 6.45) is 3.64. The van der Waals surface area contributed by atoms with Crippen LogP contribution < -0.4 is 5.32 Å². The lowest BCUT2D eigenvalue weighted by atomic mass is 10.1. The number of hydrogen-bond acceptors (Lipinski definition) is 5. The van der Waals surface area contributed by atoms with E-state index in [0.29, 0.717) is 6.04 Å². The van der Waals surface area contributed by atoms with E-state index in [4.69, 9.17) is 0 Å². The second-order valence-corrected chi connectivity index (χ2v) is 8.80. The summed E-state index contributed by atoms with van der Waals surface area (Å²) in [7, 11) is 0. The summed E-state index contributed by atoms with van der Waals surface area (Å²) in [5.74, 6) is 0.887. The Balaban J connectivity index is 1.48. The van der Waals surface area contributed by atoms with E-state index < -0.39 is 0 Å². The fourth-order valence-corrected chi connectivity index (χ4v) is 4.79. The van der Waals surface area contributed by atoms with E-state index in [0.717, 1.165) is 39.9 Å². The molecular weight excluding hydrogens is 362 g/mol. The molecule has 1 aromatic carbocycles. The van der Waals surface area contributed by atoms with Gasteiger partial charge in [-0.25, -0.2) is 4.98 Å². The molecule has 1 atom stereocenters. The van der Waals surface area contributed by atoms with Crippen LogP contribution in [0.3, 0.4) is 0 Å². The van der Waals surface area contributed by atoms with Crippen molar-refractivity contribution in [1.29, 1.82) is 0 Å². The average molecular weight is 390 g/mol. The molecule has 1 aliphatic heterocycles. The highest BCUT2D eigenvalue weighted by Crippen LogP contribution is 2.24. The number of likely N-dealkylation sites (tertiary alicyclic amines) is 1. The van der Waals surface area contributed by atoms with Crippen LogP contribution in [-0.2, 0) is 5.75 Å². The molecule has 2 aromatic rings. The molecule has 0 aliphatic carbocycles. The summed E-state index contributed by atoms with van der Waals surface area (Å²) in [6, 6.07) is 8.34. The fourth-order valence-electron chi connectivity index (χ4n) is 3.29. The number of aryl methyl sites for hydroxylation is 1. The average Bonchev–Trinajstić information content (AvgIpc) is 3.33. The number of nitrogens with zero attached hydrogens (tertiary/aromatic N) is 2. The lowest BCUT2D eigenvalue weighted by Gasteiger charge is -2.26. The number of benzene rings is 1. The van der Waals surface area contributed by atoms with Crippen LogP contribution >= 0.6 is 23.1 Å². The molecule has 0 radical (unpaired) electrons.